The van der Waals surface area contributed by atoms with Crippen LogP contribution in [0.4, 0.5) is 0 Å². The maximum Gasteiger partial charge on any atom is 0.119 e. The fraction of sp³-hybridized carbons (Fsp3) is 0.571. The van der Waals surface area contributed by atoms with Gasteiger partial charge in [-0.3, -0.25) is 4.90 Å². The van der Waals surface area contributed by atoms with Crippen LogP contribution in [0.2, 0.25) is 0 Å². The summed E-state index contributed by atoms with van der Waals surface area (Å²) >= 11 is 0. The predicted molar refractivity (Wildman–Crippen MR) is 70.5 cm³/mol. The van der Waals surface area contributed by atoms with E-state index >= 15 is 0 Å². The number of hydrogen-bond donors (Lipinski definition) is 1. The number of nitrogens with zero attached hydrogens (tertiary/aromatic N) is 1. The summed E-state index contributed by atoms with van der Waals surface area (Å²) in [5.74, 6) is 0.925. The Bertz CT molecular complexity index is 328. The number of hydrogen-bond acceptors (Lipinski definition) is 3. The topological polar surface area (TPSA) is 32.7 Å². The molecule has 0 aliphatic rings. The second-order valence-electron chi connectivity index (χ2n) is 4.36. The Balaban J connectivity index is 2.35. The summed E-state index contributed by atoms with van der Waals surface area (Å²) in [6.07, 6.45) is 1.03. The normalized spacial score (nSPS) is 12.8. The van der Waals surface area contributed by atoms with E-state index in [0.29, 0.717) is 6.61 Å². The molecule has 0 bridgehead atoms. The number of aryl methyl sites for hydroxylation is 1. The molecule has 0 fully saturated rings. The van der Waals surface area contributed by atoms with Crippen molar-refractivity contribution in [3.05, 3.63) is 29.8 Å². The molecule has 1 aromatic carbocycles. The first-order valence-corrected chi connectivity index (χ1v) is 6.20. The van der Waals surface area contributed by atoms with Gasteiger partial charge in [-0.25, -0.2) is 0 Å². The van der Waals surface area contributed by atoms with Gasteiger partial charge in [-0.05, 0) is 38.1 Å². The van der Waals surface area contributed by atoms with Gasteiger partial charge in [0.25, 0.3) is 0 Å². The van der Waals surface area contributed by atoms with Crippen LogP contribution in [0.5, 0.6) is 5.75 Å². The minimum atomic E-state index is 0.181. The molecule has 1 atom stereocenters. The van der Waals surface area contributed by atoms with Crippen molar-refractivity contribution in [3.63, 3.8) is 0 Å². The van der Waals surface area contributed by atoms with E-state index in [1.54, 1.807) is 0 Å². The highest BCUT2D eigenvalue weighted by atomic mass is 16.5. The third-order valence-electron chi connectivity index (χ3n) is 3.04. The second-order valence-corrected chi connectivity index (χ2v) is 4.36. The van der Waals surface area contributed by atoms with Gasteiger partial charge in [-0.1, -0.05) is 19.1 Å². The molecule has 1 N–H and O–H groups in total. The summed E-state index contributed by atoms with van der Waals surface area (Å²) in [5.41, 5.74) is 1.29. The summed E-state index contributed by atoms with van der Waals surface area (Å²) in [5, 5.41) is 9.01. The van der Waals surface area contributed by atoms with Crippen LogP contribution >= 0.6 is 0 Å². The van der Waals surface area contributed by atoms with E-state index in [9.17, 15) is 0 Å². The van der Waals surface area contributed by atoms with E-state index in [1.807, 2.05) is 26.1 Å². The number of likely N-dealkylation sites (N-methyl/N-ethyl adjacent to an activating group) is 1. The maximum atomic E-state index is 9.01. The highest BCUT2D eigenvalue weighted by molar-refractivity contribution is 5.28. The first-order valence-electron chi connectivity index (χ1n) is 6.20. The molecular formula is C14H23NO2. The van der Waals surface area contributed by atoms with E-state index in [4.69, 9.17) is 9.84 Å². The van der Waals surface area contributed by atoms with Crippen LogP contribution in [0, 0.1) is 0 Å². The Morgan fingerprint density at radius 2 is 2.18 bits per heavy atom. The van der Waals surface area contributed by atoms with Crippen molar-refractivity contribution in [1.82, 2.24) is 4.90 Å². The van der Waals surface area contributed by atoms with Gasteiger partial charge in [0.2, 0.25) is 0 Å². The van der Waals surface area contributed by atoms with Crippen molar-refractivity contribution >= 4 is 0 Å². The highest BCUT2D eigenvalue weighted by Gasteiger charge is 2.07. The maximum absolute atomic E-state index is 9.01. The van der Waals surface area contributed by atoms with Crippen LogP contribution in [0.3, 0.4) is 0 Å². The van der Waals surface area contributed by atoms with Crippen LogP contribution < -0.4 is 4.74 Å². The summed E-state index contributed by atoms with van der Waals surface area (Å²) in [4.78, 5) is 2.09. The SMILES string of the molecule is CCc1cccc(OCCN(C)C(C)CO)c1. The van der Waals surface area contributed by atoms with Crippen LogP contribution in [0.25, 0.3) is 0 Å². The summed E-state index contributed by atoms with van der Waals surface area (Å²) in [6.45, 7) is 5.78. The highest BCUT2D eigenvalue weighted by Crippen LogP contribution is 2.13. The van der Waals surface area contributed by atoms with Crippen molar-refractivity contribution < 1.29 is 9.84 Å². The van der Waals surface area contributed by atoms with Gasteiger partial charge in [0.15, 0.2) is 0 Å². The fourth-order valence-corrected chi connectivity index (χ4v) is 1.52. The molecule has 0 spiro atoms. The monoisotopic (exact) mass is 237 g/mol. The number of benzene rings is 1. The molecule has 3 nitrogen and oxygen atoms in total. The van der Waals surface area contributed by atoms with Crippen molar-refractivity contribution in [2.45, 2.75) is 26.3 Å². The Morgan fingerprint density at radius 3 is 2.82 bits per heavy atom. The first-order chi connectivity index (χ1) is 8.17. The zero-order valence-electron chi connectivity index (χ0n) is 11.0. The Hall–Kier alpha value is -1.06. The van der Waals surface area contributed by atoms with Gasteiger partial charge < -0.3 is 9.84 Å². The molecule has 3 heteroatoms. The third kappa shape index (κ3) is 4.75. The average molecular weight is 237 g/mol. The second kappa shape index (κ2) is 7.30. The molecule has 0 amide bonds. The van der Waals surface area contributed by atoms with Gasteiger partial charge in [-0.2, -0.15) is 0 Å². The molecule has 0 aliphatic heterocycles. The van der Waals surface area contributed by atoms with E-state index in [0.717, 1.165) is 18.7 Å². The fourth-order valence-electron chi connectivity index (χ4n) is 1.52. The zero-order chi connectivity index (χ0) is 12.7. The smallest absolute Gasteiger partial charge is 0.119 e. The molecule has 1 aromatic rings. The molecule has 0 saturated heterocycles. The largest absolute Gasteiger partial charge is 0.492 e. The Kier molecular flexibility index (Phi) is 6.01. The average Bonchev–Trinajstić information content (AvgIpc) is 2.37. The Labute approximate surface area is 104 Å². The number of aliphatic hydroxyl groups excluding tert-OH is 1. The molecule has 96 valence electrons. The summed E-state index contributed by atoms with van der Waals surface area (Å²) < 4.78 is 5.69. The molecular weight excluding hydrogens is 214 g/mol. The van der Waals surface area contributed by atoms with Gasteiger partial charge in [0.05, 0.1) is 6.61 Å². The molecule has 0 saturated carbocycles. The van der Waals surface area contributed by atoms with Gasteiger partial charge in [0, 0.05) is 12.6 Å². The van der Waals surface area contributed by atoms with Crippen LogP contribution in [-0.2, 0) is 6.42 Å². The van der Waals surface area contributed by atoms with E-state index in [-0.39, 0.29) is 12.6 Å². The predicted octanol–water partition coefficient (Wildman–Crippen LogP) is 1.94. The van der Waals surface area contributed by atoms with Gasteiger partial charge >= 0.3 is 0 Å². The molecule has 1 rings (SSSR count). The summed E-state index contributed by atoms with van der Waals surface area (Å²) in [7, 11) is 1.99. The van der Waals surface area contributed by atoms with Crippen molar-refractivity contribution in [3.8, 4) is 5.75 Å². The molecule has 1 unspecified atom stereocenters. The van der Waals surface area contributed by atoms with Crippen LogP contribution in [0.15, 0.2) is 24.3 Å². The number of ether oxygens (including phenoxy) is 1. The number of rotatable bonds is 7. The molecule has 17 heavy (non-hydrogen) atoms. The lowest BCUT2D eigenvalue weighted by Gasteiger charge is -2.22. The van der Waals surface area contributed by atoms with Gasteiger partial charge in [-0.15, -0.1) is 0 Å². The van der Waals surface area contributed by atoms with Crippen LogP contribution in [0.1, 0.15) is 19.4 Å². The van der Waals surface area contributed by atoms with Gasteiger partial charge in [0.1, 0.15) is 12.4 Å². The van der Waals surface area contributed by atoms with E-state index < -0.39 is 0 Å². The van der Waals surface area contributed by atoms with Crippen molar-refractivity contribution in [1.29, 1.82) is 0 Å². The molecule has 0 heterocycles. The zero-order valence-corrected chi connectivity index (χ0v) is 11.0. The van der Waals surface area contributed by atoms with Crippen LogP contribution in [-0.4, -0.2) is 42.9 Å². The quantitative estimate of drug-likeness (QED) is 0.786. The van der Waals surface area contributed by atoms with Crippen molar-refractivity contribution in [2.75, 3.05) is 26.8 Å². The van der Waals surface area contributed by atoms with Crippen molar-refractivity contribution in [2.24, 2.45) is 0 Å². The Morgan fingerprint density at radius 1 is 1.41 bits per heavy atom. The lowest BCUT2D eigenvalue weighted by molar-refractivity contribution is 0.140. The summed E-state index contributed by atoms with van der Waals surface area (Å²) in [6, 6.07) is 8.37. The lowest BCUT2D eigenvalue weighted by atomic mass is 10.2. The minimum absolute atomic E-state index is 0.181. The van der Waals surface area contributed by atoms with E-state index in [1.165, 1.54) is 5.56 Å². The molecule has 0 radical (unpaired) electrons. The first kappa shape index (κ1) is 14.0. The lowest BCUT2D eigenvalue weighted by Crippen LogP contribution is -2.35. The molecule has 0 aromatic heterocycles. The third-order valence-corrected chi connectivity index (χ3v) is 3.04. The molecule has 0 aliphatic carbocycles. The van der Waals surface area contributed by atoms with E-state index in [2.05, 4.69) is 24.0 Å². The standard InChI is InChI=1S/C14H23NO2/c1-4-13-6-5-7-14(10-13)17-9-8-15(3)12(2)11-16/h5-7,10,12,16H,4,8-9,11H2,1-3H3. The minimum Gasteiger partial charge on any atom is -0.492 e. The number of aliphatic hydroxyl groups is 1.